The molecular formula is C14H12BrClN2O. The van der Waals surface area contributed by atoms with E-state index in [1.807, 2.05) is 48.5 Å². The highest BCUT2D eigenvalue weighted by atomic mass is 79.9. The van der Waals surface area contributed by atoms with E-state index in [1.165, 1.54) is 0 Å². The molecule has 0 heterocycles. The molecule has 0 bridgehead atoms. The van der Waals surface area contributed by atoms with Crippen LogP contribution >= 0.6 is 27.5 Å². The lowest BCUT2D eigenvalue weighted by atomic mass is 10.2. The van der Waals surface area contributed by atoms with Crippen molar-refractivity contribution in [2.75, 3.05) is 16.0 Å². The molecule has 0 aliphatic carbocycles. The first-order valence-corrected chi connectivity index (χ1v) is 7.16. The number of alkyl halides is 1. The average molecular weight is 340 g/mol. The first-order chi connectivity index (χ1) is 9.17. The summed E-state index contributed by atoms with van der Waals surface area (Å²) in [7, 11) is 0. The van der Waals surface area contributed by atoms with E-state index in [9.17, 15) is 4.79 Å². The van der Waals surface area contributed by atoms with Crippen LogP contribution in [0.3, 0.4) is 0 Å². The van der Waals surface area contributed by atoms with Crippen LogP contribution in [0.4, 0.5) is 17.1 Å². The van der Waals surface area contributed by atoms with Crippen molar-refractivity contribution in [3.63, 3.8) is 0 Å². The normalized spacial score (nSPS) is 10.0. The highest BCUT2D eigenvalue weighted by molar-refractivity contribution is 9.09. The van der Waals surface area contributed by atoms with Gasteiger partial charge in [-0.25, -0.2) is 0 Å². The molecule has 0 radical (unpaired) electrons. The van der Waals surface area contributed by atoms with E-state index >= 15 is 0 Å². The van der Waals surface area contributed by atoms with Crippen LogP contribution in [0.15, 0.2) is 48.5 Å². The van der Waals surface area contributed by atoms with E-state index in [-0.39, 0.29) is 11.2 Å². The van der Waals surface area contributed by atoms with Crippen molar-refractivity contribution < 1.29 is 4.79 Å². The summed E-state index contributed by atoms with van der Waals surface area (Å²) in [6.45, 7) is 0. The fourth-order valence-corrected chi connectivity index (χ4v) is 1.80. The first-order valence-electron chi connectivity index (χ1n) is 5.66. The molecule has 0 atom stereocenters. The summed E-state index contributed by atoms with van der Waals surface area (Å²) in [6.07, 6.45) is 0. The highest BCUT2D eigenvalue weighted by Gasteiger charge is 2.00. The molecule has 2 N–H and O–H groups in total. The Labute approximate surface area is 125 Å². The van der Waals surface area contributed by atoms with Gasteiger partial charge < -0.3 is 10.6 Å². The summed E-state index contributed by atoms with van der Waals surface area (Å²) in [5, 5.41) is 7.00. The Hall–Kier alpha value is -1.52. The van der Waals surface area contributed by atoms with Crippen LogP contribution in [-0.4, -0.2) is 11.2 Å². The van der Waals surface area contributed by atoms with E-state index in [1.54, 1.807) is 0 Å². The molecule has 0 aliphatic rings. The van der Waals surface area contributed by atoms with Crippen molar-refractivity contribution >= 4 is 50.5 Å². The molecule has 2 rings (SSSR count). The van der Waals surface area contributed by atoms with E-state index < -0.39 is 0 Å². The monoisotopic (exact) mass is 338 g/mol. The quantitative estimate of drug-likeness (QED) is 0.810. The maximum atomic E-state index is 11.2. The summed E-state index contributed by atoms with van der Waals surface area (Å²) >= 11 is 8.93. The predicted octanol–water partition coefficient (Wildman–Crippen LogP) is 4.42. The number of hydrogen-bond donors (Lipinski definition) is 2. The van der Waals surface area contributed by atoms with Gasteiger partial charge in [0.1, 0.15) is 0 Å². The van der Waals surface area contributed by atoms with Gasteiger partial charge in [-0.15, -0.1) is 0 Å². The van der Waals surface area contributed by atoms with Crippen LogP contribution < -0.4 is 10.6 Å². The molecule has 0 spiro atoms. The third kappa shape index (κ3) is 4.26. The van der Waals surface area contributed by atoms with Gasteiger partial charge in [-0.2, -0.15) is 0 Å². The molecule has 0 saturated heterocycles. The van der Waals surface area contributed by atoms with Crippen LogP contribution in [0.25, 0.3) is 0 Å². The van der Waals surface area contributed by atoms with E-state index in [0.29, 0.717) is 5.02 Å². The summed E-state index contributed by atoms with van der Waals surface area (Å²) in [5.74, 6) is -0.0709. The zero-order valence-corrected chi connectivity index (χ0v) is 12.3. The van der Waals surface area contributed by atoms with Gasteiger partial charge in [-0.05, 0) is 48.5 Å². The standard InChI is InChI=1S/C14H12BrClN2O/c15-9-14(19)18-13-7-5-12(6-8-13)17-11-3-1-10(16)2-4-11/h1-8,17H,9H2,(H,18,19). The molecular weight excluding hydrogens is 328 g/mol. The van der Waals surface area contributed by atoms with Crippen molar-refractivity contribution in [1.29, 1.82) is 0 Å². The number of hydrogen-bond acceptors (Lipinski definition) is 2. The SMILES string of the molecule is O=C(CBr)Nc1ccc(Nc2ccc(Cl)cc2)cc1. The van der Waals surface area contributed by atoms with Gasteiger partial charge in [0.15, 0.2) is 0 Å². The Balaban J connectivity index is 2.02. The summed E-state index contributed by atoms with van der Waals surface area (Å²) < 4.78 is 0. The second-order valence-corrected chi connectivity index (χ2v) is 4.89. The Morgan fingerprint density at radius 1 is 0.947 bits per heavy atom. The maximum absolute atomic E-state index is 11.2. The molecule has 0 fully saturated rings. The number of carbonyl (C=O) groups is 1. The number of carbonyl (C=O) groups excluding carboxylic acids is 1. The minimum Gasteiger partial charge on any atom is -0.356 e. The Morgan fingerprint density at radius 2 is 1.42 bits per heavy atom. The molecule has 2 aromatic carbocycles. The second kappa shape index (κ2) is 6.59. The molecule has 3 nitrogen and oxygen atoms in total. The topological polar surface area (TPSA) is 41.1 Å². The maximum Gasteiger partial charge on any atom is 0.235 e. The smallest absolute Gasteiger partial charge is 0.235 e. The van der Waals surface area contributed by atoms with E-state index in [0.717, 1.165) is 17.1 Å². The second-order valence-electron chi connectivity index (χ2n) is 3.89. The molecule has 0 unspecified atom stereocenters. The minimum atomic E-state index is -0.0709. The van der Waals surface area contributed by atoms with Gasteiger partial charge in [0.05, 0.1) is 5.33 Å². The fourth-order valence-electron chi connectivity index (χ4n) is 1.53. The van der Waals surface area contributed by atoms with E-state index in [4.69, 9.17) is 11.6 Å². The molecule has 1 amide bonds. The lowest BCUT2D eigenvalue weighted by Crippen LogP contribution is -2.11. The molecule has 0 aromatic heterocycles. The van der Waals surface area contributed by atoms with Crippen LogP contribution in [-0.2, 0) is 4.79 Å². The lowest BCUT2D eigenvalue weighted by Gasteiger charge is -2.08. The van der Waals surface area contributed by atoms with Crippen molar-refractivity contribution in [2.24, 2.45) is 0 Å². The molecule has 98 valence electrons. The molecule has 5 heteroatoms. The molecule has 0 aliphatic heterocycles. The molecule has 19 heavy (non-hydrogen) atoms. The summed E-state index contributed by atoms with van der Waals surface area (Å²) in [4.78, 5) is 11.2. The minimum absolute atomic E-state index is 0.0709. The number of nitrogens with one attached hydrogen (secondary N) is 2. The van der Waals surface area contributed by atoms with Gasteiger partial charge in [-0.3, -0.25) is 4.79 Å². The zero-order chi connectivity index (χ0) is 13.7. The number of rotatable bonds is 4. The van der Waals surface area contributed by atoms with E-state index in [2.05, 4.69) is 26.6 Å². The molecule has 2 aromatic rings. The Bertz CT molecular complexity index is 555. The number of anilines is 3. The van der Waals surface area contributed by atoms with Crippen molar-refractivity contribution in [3.8, 4) is 0 Å². The summed E-state index contributed by atoms with van der Waals surface area (Å²) in [6, 6.07) is 15.0. The zero-order valence-electron chi connectivity index (χ0n) is 9.99. The highest BCUT2D eigenvalue weighted by Crippen LogP contribution is 2.20. The van der Waals surface area contributed by atoms with Crippen LogP contribution in [0, 0.1) is 0 Å². The summed E-state index contributed by atoms with van der Waals surface area (Å²) in [5.41, 5.74) is 2.67. The van der Waals surface area contributed by atoms with Crippen LogP contribution in [0.5, 0.6) is 0 Å². The number of benzene rings is 2. The van der Waals surface area contributed by atoms with Gasteiger partial charge in [0.2, 0.25) is 5.91 Å². The average Bonchev–Trinajstić information content (AvgIpc) is 2.43. The van der Waals surface area contributed by atoms with Crippen LogP contribution in [0.2, 0.25) is 5.02 Å². The molecule has 0 saturated carbocycles. The van der Waals surface area contributed by atoms with Gasteiger partial charge >= 0.3 is 0 Å². The predicted molar refractivity (Wildman–Crippen MR) is 83.6 cm³/mol. The Morgan fingerprint density at radius 3 is 1.95 bits per heavy atom. The fraction of sp³-hybridized carbons (Fsp3) is 0.0714. The van der Waals surface area contributed by atoms with Gasteiger partial charge in [0.25, 0.3) is 0 Å². The third-order valence-electron chi connectivity index (χ3n) is 2.42. The van der Waals surface area contributed by atoms with Crippen molar-refractivity contribution in [2.45, 2.75) is 0 Å². The number of halogens is 2. The third-order valence-corrected chi connectivity index (χ3v) is 3.18. The van der Waals surface area contributed by atoms with Crippen molar-refractivity contribution in [1.82, 2.24) is 0 Å². The van der Waals surface area contributed by atoms with Crippen molar-refractivity contribution in [3.05, 3.63) is 53.6 Å². The van der Waals surface area contributed by atoms with Gasteiger partial charge in [0, 0.05) is 22.1 Å². The van der Waals surface area contributed by atoms with Crippen LogP contribution in [0.1, 0.15) is 0 Å². The number of amides is 1. The first kappa shape index (κ1) is 13.9. The van der Waals surface area contributed by atoms with Gasteiger partial charge in [-0.1, -0.05) is 27.5 Å². The lowest BCUT2D eigenvalue weighted by molar-refractivity contribution is -0.113. The largest absolute Gasteiger partial charge is 0.356 e. The Kier molecular flexibility index (Phi) is 4.82.